The Hall–Kier alpha value is -1.47. The average Bonchev–Trinajstić information content (AvgIpc) is 2.16. The molecule has 7 heteroatoms. The first-order chi connectivity index (χ1) is 7.02. The summed E-state index contributed by atoms with van der Waals surface area (Å²) in [6.07, 6.45) is 0. The Bertz CT molecular complexity index is 359. The SMILES string of the molecule is O=C(NC(F)F)c1ccccc1B(O)O. The lowest BCUT2D eigenvalue weighted by Crippen LogP contribution is -2.39. The molecule has 1 amide bonds. The van der Waals surface area contributed by atoms with E-state index in [4.69, 9.17) is 10.0 Å². The van der Waals surface area contributed by atoms with Crippen LogP contribution in [-0.4, -0.2) is 29.6 Å². The van der Waals surface area contributed by atoms with Crippen LogP contribution in [0.1, 0.15) is 10.4 Å². The Kier molecular flexibility index (Phi) is 3.76. The van der Waals surface area contributed by atoms with Crippen LogP contribution in [0.2, 0.25) is 0 Å². The fraction of sp³-hybridized carbons (Fsp3) is 0.125. The molecule has 0 aromatic heterocycles. The van der Waals surface area contributed by atoms with Crippen molar-refractivity contribution in [2.75, 3.05) is 0 Å². The Morgan fingerprint density at radius 3 is 2.47 bits per heavy atom. The smallest absolute Gasteiger partial charge is 0.423 e. The van der Waals surface area contributed by atoms with E-state index in [1.165, 1.54) is 29.6 Å². The molecule has 0 unspecified atom stereocenters. The molecule has 0 aliphatic rings. The average molecular weight is 215 g/mol. The van der Waals surface area contributed by atoms with Crippen LogP contribution in [0.25, 0.3) is 0 Å². The van der Waals surface area contributed by atoms with Crippen LogP contribution in [0.15, 0.2) is 24.3 Å². The van der Waals surface area contributed by atoms with E-state index in [9.17, 15) is 13.6 Å². The van der Waals surface area contributed by atoms with Crippen molar-refractivity contribution in [1.29, 1.82) is 0 Å². The van der Waals surface area contributed by atoms with Crippen LogP contribution in [0.4, 0.5) is 8.78 Å². The minimum Gasteiger partial charge on any atom is -0.423 e. The van der Waals surface area contributed by atoms with Gasteiger partial charge < -0.3 is 10.0 Å². The third kappa shape index (κ3) is 3.00. The minimum atomic E-state index is -2.98. The lowest BCUT2D eigenvalue weighted by molar-refractivity contribution is 0.0700. The zero-order valence-corrected chi connectivity index (χ0v) is 7.52. The molecule has 1 aromatic carbocycles. The highest BCUT2D eigenvalue weighted by molar-refractivity contribution is 6.60. The summed E-state index contributed by atoms with van der Waals surface area (Å²) < 4.78 is 23.7. The summed E-state index contributed by atoms with van der Waals surface area (Å²) in [4.78, 5) is 11.2. The molecule has 1 aromatic rings. The predicted molar refractivity (Wildman–Crippen MR) is 49.7 cm³/mol. The summed E-state index contributed by atoms with van der Waals surface area (Å²) in [5.41, 5.74) is -0.302. The van der Waals surface area contributed by atoms with Gasteiger partial charge in [-0.2, -0.15) is 8.78 Å². The second kappa shape index (κ2) is 4.85. The van der Waals surface area contributed by atoms with Gasteiger partial charge in [0.05, 0.1) is 0 Å². The van der Waals surface area contributed by atoms with Crippen LogP contribution in [0.3, 0.4) is 0 Å². The first-order valence-corrected chi connectivity index (χ1v) is 4.06. The maximum absolute atomic E-state index is 11.8. The lowest BCUT2D eigenvalue weighted by Gasteiger charge is -2.08. The number of alkyl halides is 2. The number of benzene rings is 1. The molecule has 3 N–H and O–H groups in total. The molecule has 15 heavy (non-hydrogen) atoms. The van der Waals surface area contributed by atoms with Gasteiger partial charge in [-0.25, -0.2) is 0 Å². The molecule has 0 spiro atoms. The number of nitrogens with one attached hydrogen (secondary N) is 1. The monoisotopic (exact) mass is 215 g/mol. The Balaban J connectivity index is 2.97. The van der Waals surface area contributed by atoms with Crippen LogP contribution in [0, 0.1) is 0 Å². The van der Waals surface area contributed by atoms with E-state index in [1.807, 2.05) is 0 Å². The van der Waals surface area contributed by atoms with Crippen molar-refractivity contribution in [2.24, 2.45) is 0 Å². The van der Waals surface area contributed by atoms with Gasteiger partial charge in [0.15, 0.2) is 0 Å². The lowest BCUT2D eigenvalue weighted by atomic mass is 9.77. The molecule has 4 nitrogen and oxygen atoms in total. The fourth-order valence-electron chi connectivity index (χ4n) is 1.11. The largest absolute Gasteiger partial charge is 0.489 e. The molecular formula is C8H8BF2NO3. The second-order valence-electron chi connectivity index (χ2n) is 2.74. The van der Waals surface area contributed by atoms with Crippen molar-refractivity contribution in [3.05, 3.63) is 29.8 Å². The van der Waals surface area contributed by atoms with Crippen molar-refractivity contribution >= 4 is 18.5 Å². The van der Waals surface area contributed by atoms with Crippen molar-refractivity contribution in [3.63, 3.8) is 0 Å². The fourth-order valence-corrected chi connectivity index (χ4v) is 1.11. The van der Waals surface area contributed by atoms with Gasteiger partial charge in [0.1, 0.15) is 0 Å². The van der Waals surface area contributed by atoms with Gasteiger partial charge in [-0.05, 0) is 11.5 Å². The van der Waals surface area contributed by atoms with Crippen molar-refractivity contribution in [3.8, 4) is 0 Å². The molecule has 0 fully saturated rings. The highest BCUT2D eigenvalue weighted by Gasteiger charge is 2.20. The van der Waals surface area contributed by atoms with E-state index < -0.39 is 19.6 Å². The topological polar surface area (TPSA) is 69.6 Å². The molecule has 0 radical (unpaired) electrons. The number of amides is 1. The van der Waals surface area contributed by atoms with E-state index in [1.54, 1.807) is 0 Å². The highest BCUT2D eigenvalue weighted by atomic mass is 19.3. The zero-order chi connectivity index (χ0) is 11.4. The van der Waals surface area contributed by atoms with Crippen LogP contribution >= 0.6 is 0 Å². The van der Waals surface area contributed by atoms with E-state index in [-0.39, 0.29) is 11.0 Å². The van der Waals surface area contributed by atoms with Crippen molar-refractivity contribution < 1.29 is 23.6 Å². The summed E-state index contributed by atoms with van der Waals surface area (Å²) in [5, 5.41) is 19.1. The van der Waals surface area contributed by atoms with Gasteiger partial charge in [0.25, 0.3) is 5.91 Å². The Labute approximate surface area is 84.7 Å². The number of carbonyl (C=O) groups is 1. The standard InChI is InChI=1S/C8H8BF2NO3/c10-8(11)12-7(13)5-3-1-2-4-6(5)9(14)15/h1-4,8,14-15H,(H,12,13). The number of hydrogen-bond donors (Lipinski definition) is 3. The molecule has 1 rings (SSSR count). The summed E-state index contributed by atoms with van der Waals surface area (Å²) in [7, 11) is -1.87. The maximum atomic E-state index is 11.8. The summed E-state index contributed by atoms with van der Waals surface area (Å²) >= 11 is 0. The third-order valence-corrected chi connectivity index (χ3v) is 1.72. The van der Waals surface area contributed by atoms with Gasteiger partial charge >= 0.3 is 13.7 Å². The highest BCUT2D eigenvalue weighted by Crippen LogP contribution is 1.99. The molecular weight excluding hydrogens is 207 g/mol. The molecule has 0 aliphatic carbocycles. The van der Waals surface area contributed by atoms with E-state index in [0.29, 0.717) is 0 Å². The van der Waals surface area contributed by atoms with Crippen molar-refractivity contribution in [2.45, 2.75) is 6.55 Å². The molecule has 80 valence electrons. The van der Waals surface area contributed by atoms with Crippen LogP contribution < -0.4 is 10.8 Å². The van der Waals surface area contributed by atoms with Crippen LogP contribution in [-0.2, 0) is 0 Å². The van der Waals surface area contributed by atoms with Gasteiger partial charge in [0, 0.05) is 5.56 Å². The van der Waals surface area contributed by atoms with Crippen LogP contribution in [0.5, 0.6) is 0 Å². The first kappa shape index (κ1) is 11.6. The minimum absolute atomic E-state index is 0.115. The van der Waals surface area contributed by atoms with E-state index >= 15 is 0 Å². The molecule has 0 atom stereocenters. The number of hydrogen-bond acceptors (Lipinski definition) is 3. The molecule has 0 saturated carbocycles. The number of halogens is 2. The van der Waals surface area contributed by atoms with E-state index in [0.717, 1.165) is 0 Å². The van der Waals surface area contributed by atoms with Gasteiger partial charge in [0.2, 0.25) is 0 Å². The quantitative estimate of drug-likeness (QED) is 0.462. The number of carbonyl (C=O) groups excluding carboxylic acids is 1. The van der Waals surface area contributed by atoms with Crippen molar-refractivity contribution in [1.82, 2.24) is 5.32 Å². The van der Waals surface area contributed by atoms with E-state index in [2.05, 4.69) is 0 Å². The predicted octanol–water partition coefficient (Wildman–Crippen LogP) is -0.681. The molecule has 0 saturated heterocycles. The normalized spacial score (nSPS) is 10.2. The second-order valence-corrected chi connectivity index (χ2v) is 2.74. The summed E-state index contributed by atoms with van der Waals surface area (Å²) in [6, 6.07) is 5.40. The van der Waals surface area contributed by atoms with Gasteiger partial charge in [-0.15, -0.1) is 0 Å². The molecule has 0 bridgehead atoms. The Morgan fingerprint density at radius 1 is 1.33 bits per heavy atom. The molecule has 0 heterocycles. The van der Waals surface area contributed by atoms with Gasteiger partial charge in [-0.3, -0.25) is 10.1 Å². The Morgan fingerprint density at radius 2 is 1.93 bits per heavy atom. The summed E-state index contributed by atoms with van der Waals surface area (Å²) in [6.45, 7) is -2.98. The van der Waals surface area contributed by atoms with Gasteiger partial charge in [-0.1, -0.05) is 18.2 Å². The zero-order valence-electron chi connectivity index (χ0n) is 7.52. The maximum Gasteiger partial charge on any atom is 0.489 e. The number of rotatable bonds is 3. The summed E-state index contributed by atoms with van der Waals surface area (Å²) in [5.74, 6) is -1.05. The first-order valence-electron chi connectivity index (χ1n) is 4.06. The molecule has 0 aliphatic heterocycles. The third-order valence-electron chi connectivity index (χ3n) is 1.72.